The predicted molar refractivity (Wildman–Crippen MR) is 96.3 cm³/mol. The summed E-state index contributed by atoms with van der Waals surface area (Å²) in [4.78, 5) is 35.0. The first-order valence-electron chi connectivity index (χ1n) is 9.07. The number of likely N-dealkylation sites (tertiary alicyclic amines) is 1. The van der Waals surface area contributed by atoms with E-state index < -0.39 is 0 Å². The molecular weight excluding hydrogens is 318 g/mol. The highest BCUT2D eigenvalue weighted by Crippen LogP contribution is 2.21. The number of pyridine rings is 1. The molecule has 0 aromatic carbocycles. The lowest BCUT2D eigenvalue weighted by molar-refractivity contribution is -0.142. The number of carbonyl (C=O) groups is 2. The van der Waals surface area contributed by atoms with Gasteiger partial charge in [-0.15, -0.1) is 0 Å². The predicted octanol–water partition coefficient (Wildman–Crippen LogP) is 1.63. The lowest BCUT2D eigenvalue weighted by Crippen LogP contribution is -2.59. The smallest absolute Gasteiger partial charge is 0.321 e. The summed E-state index contributed by atoms with van der Waals surface area (Å²) < 4.78 is 0. The van der Waals surface area contributed by atoms with E-state index in [1.54, 1.807) is 24.5 Å². The number of hydrogen-bond donors (Lipinski definition) is 1. The van der Waals surface area contributed by atoms with Crippen LogP contribution in [0.5, 0.6) is 0 Å². The molecule has 0 radical (unpaired) electrons. The number of nitrogens with zero attached hydrogens (tertiary/aromatic N) is 4. The Kier molecular flexibility index (Phi) is 5.53. The summed E-state index contributed by atoms with van der Waals surface area (Å²) in [6.45, 7) is 7.77. The molecule has 0 unspecified atom stereocenters. The second kappa shape index (κ2) is 7.82. The van der Waals surface area contributed by atoms with Crippen molar-refractivity contribution in [3.05, 3.63) is 24.5 Å². The number of carbonyl (C=O) groups excluding carboxylic acids is 2. The summed E-state index contributed by atoms with van der Waals surface area (Å²) in [6.07, 6.45) is 5.29. The number of hydrogen-bond acceptors (Lipinski definition) is 4. The second-order valence-corrected chi connectivity index (χ2v) is 6.97. The fourth-order valence-corrected chi connectivity index (χ4v) is 3.61. The van der Waals surface area contributed by atoms with Crippen molar-refractivity contribution in [2.24, 2.45) is 0 Å². The average Bonchev–Trinajstić information content (AvgIpc) is 2.62. The van der Waals surface area contributed by atoms with Crippen LogP contribution in [-0.2, 0) is 4.79 Å². The minimum absolute atomic E-state index is 0.0263. The van der Waals surface area contributed by atoms with E-state index in [2.05, 4.69) is 29.0 Å². The highest BCUT2D eigenvalue weighted by atomic mass is 16.2. The summed E-state index contributed by atoms with van der Waals surface area (Å²) in [5.41, 5.74) is 0.748. The van der Waals surface area contributed by atoms with Crippen molar-refractivity contribution >= 4 is 17.6 Å². The van der Waals surface area contributed by atoms with Gasteiger partial charge in [0.05, 0.1) is 6.04 Å². The Hall–Kier alpha value is -2.15. The zero-order valence-corrected chi connectivity index (χ0v) is 15.0. The van der Waals surface area contributed by atoms with Crippen LogP contribution >= 0.6 is 0 Å². The lowest BCUT2D eigenvalue weighted by Gasteiger charge is -2.43. The van der Waals surface area contributed by atoms with Crippen LogP contribution in [0.2, 0.25) is 0 Å². The molecule has 3 rings (SSSR count). The molecule has 1 atom stereocenters. The van der Waals surface area contributed by atoms with E-state index in [0.717, 1.165) is 38.2 Å². The first-order chi connectivity index (χ1) is 12.1. The topological polar surface area (TPSA) is 68.8 Å². The average molecular weight is 345 g/mol. The zero-order chi connectivity index (χ0) is 17.8. The van der Waals surface area contributed by atoms with E-state index in [4.69, 9.17) is 0 Å². The van der Waals surface area contributed by atoms with Gasteiger partial charge in [-0.05, 0) is 38.8 Å². The van der Waals surface area contributed by atoms with Gasteiger partial charge in [0, 0.05) is 56.8 Å². The largest absolute Gasteiger partial charge is 0.339 e. The fourth-order valence-electron chi connectivity index (χ4n) is 3.61. The van der Waals surface area contributed by atoms with Crippen molar-refractivity contribution < 1.29 is 9.59 Å². The van der Waals surface area contributed by atoms with Gasteiger partial charge in [0.2, 0.25) is 5.91 Å². The molecule has 2 fully saturated rings. The number of piperidine rings is 1. The van der Waals surface area contributed by atoms with Gasteiger partial charge >= 0.3 is 6.03 Å². The van der Waals surface area contributed by atoms with Crippen LogP contribution in [-0.4, -0.2) is 76.4 Å². The third kappa shape index (κ3) is 4.10. The molecule has 2 aliphatic rings. The quantitative estimate of drug-likeness (QED) is 0.904. The van der Waals surface area contributed by atoms with Gasteiger partial charge in [-0.3, -0.25) is 14.7 Å². The minimum Gasteiger partial charge on any atom is -0.339 e. The molecule has 2 saturated heterocycles. The summed E-state index contributed by atoms with van der Waals surface area (Å²) in [6, 6.07) is 3.68. The number of amides is 3. The Bertz CT molecular complexity index is 599. The van der Waals surface area contributed by atoms with E-state index in [9.17, 15) is 9.59 Å². The third-order valence-corrected chi connectivity index (χ3v) is 5.04. The summed E-state index contributed by atoms with van der Waals surface area (Å²) in [5, 5.41) is 2.89. The standard InChI is InChI=1S/C18H27N5O2/c1-14(2)23-9-3-4-16(17(23)24)21-10-12-22(13-11-21)18(25)20-15-5-7-19-8-6-15/h5-8,14,16H,3-4,9-13H2,1-2H3,(H,19,20,25)/t16-/m0/s1. The Balaban J connectivity index is 1.53. The molecule has 3 heterocycles. The number of anilines is 1. The molecule has 25 heavy (non-hydrogen) atoms. The third-order valence-electron chi connectivity index (χ3n) is 5.04. The fraction of sp³-hybridized carbons (Fsp3) is 0.611. The Labute approximate surface area is 149 Å². The van der Waals surface area contributed by atoms with Crippen LogP contribution < -0.4 is 5.32 Å². The number of piperazine rings is 1. The van der Waals surface area contributed by atoms with Crippen molar-refractivity contribution in [2.45, 2.75) is 38.8 Å². The van der Waals surface area contributed by atoms with Gasteiger partial charge in [0.25, 0.3) is 0 Å². The maximum absolute atomic E-state index is 12.7. The van der Waals surface area contributed by atoms with Gasteiger partial charge in [-0.25, -0.2) is 4.79 Å². The molecule has 2 aliphatic heterocycles. The van der Waals surface area contributed by atoms with Crippen molar-refractivity contribution in [3.63, 3.8) is 0 Å². The Morgan fingerprint density at radius 1 is 1.16 bits per heavy atom. The molecule has 0 aliphatic carbocycles. The molecule has 1 aromatic heterocycles. The highest BCUT2D eigenvalue weighted by molar-refractivity contribution is 5.89. The van der Waals surface area contributed by atoms with Gasteiger partial charge in [-0.1, -0.05) is 0 Å². The van der Waals surface area contributed by atoms with Gasteiger partial charge in [0.1, 0.15) is 0 Å². The summed E-state index contributed by atoms with van der Waals surface area (Å²) >= 11 is 0. The van der Waals surface area contributed by atoms with Gasteiger partial charge in [-0.2, -0.15) is 0 Å². The van der Waals surface area contributed by atoms with Crippen LogP contribution in [0.15, 0.2) is 24.5 Å². The van der Waals surface area contributed by atoms with Gasteiger partial charge in [0.15, 0.2) is 0 Å². The maximum Gasteiger partial charge on any atom is 0.321 e. The minimum atomic E-state index is -0.0929. The van der Waals surface area contributed by atoms with E-state index in [1.807, 2.05) is 9.80 Å². The Morgan fingerprint density at radius 3 is 2.48 bits per heavy atom. The van der Waals surface area contributed by atoms with E-state index >= 15 is 0 Å². The first kappa shape index (κ1) is 17.7. The molecule has 7 heteroatoms. The SMILES string of the molecule is CC(C)N1CCC[C@H](N2CCN(C(=O)Nc3ccncc3)CC2)C1=O. The monoisotopic (exact) mass is 345 g/mol. The van der Waals surface area contributed by atoms with Crippen molar-refractivity contribution in [1.29, 1.82) is 0 Å². The van der Waals surface area contributed by atoms with Crippen LogP contribution in [0.4, 0.5) is 10.5 Å². The zero-order valence-electron chi connectivity index (χ0n) is 15.0. The van der Waals surface area contributed by atoms with Crippen LogP contribution in [0.3, 0.4) is 0 Å². The molecule has 0 spiro atoms. The summed E-state index contributed by atoms with van der Waals surface area (Å²) in [7, 11) is 0. The molecule has 0 bridgehead atoms. The maximum atomic E-state index is 12.7. The van der Waals surface area contributed by atoms with Crippen molar-refractivity contribution in [3.8, 4) is 0 Å². The molecular formula is C18H27N5O2. The second-order valence-electron chi connectivity index (χ2n) is 6.97. The lowest BCUT2D eigenvalue weighted by atomic mass is 10.0. The molecule has 1 aromatic rings. The number of aromatic nitrogens is 1. The Morgan fingerprint density at radius 2 is 1.84 bits per heavy atom. The van der Waals surface area contributed by atoms with Crippen molar-refractivity contribution in [2.75, 3.05) is 38.0 Å². The van der Waals surface area contributed by atoms with E-state index in [-0.39, 0.29) is 24.0 Å². The number of nitrogens with one attached hydrogen (secondary N) is 1. The molecule has 7 nitrogen and oxygen atoms in total. The highest BCUT2D eigenvalue weighted by Gasteiger charge is 2.36. The van der Waals surface area contributed by atoms with Crippen LogP contribution in [0, 0.1) is 0 Å². The number of urea groups is 1. The molecule has 0 saturated carbocycles. The van der Waals surface area contributed by atoms with Crippen molar-refractivity contribution in [1.82, 2.24) is 19.7 Å². The van der Waals surface area contributed by atoms with Crippen LogP contribution in [0.25, 0.3) is 0 Å². The van der Waals surface area contributed by atoms with E-state index in [1.165, 1.54) is 0 Å². The van der Waals surface area contributed by atoms with Gasteiger partial charge < -0.3 is 15.1 Å². The molecule has 1 N–H and O–H groups in total. The first-order valence-corrected chi connectivity index (χ1v) is 9.07. The van der Waals surface area contributed by atoms with E-state index in [0.29, 0.717) is 13.1 Å². The molecule has 136 valence electrons. The number of rotatable bonds is 3. The molecule has 3 amide bonds. The summed E-state index contributed by atoms with van der Waals surface area (Å²) in [5.74, 6) is 0.246. The van der Waals surface area contributed by atoms with Crippen LogP contribution in [0.1, 0.15) is 26.7 Å². The normalized spacial score (nSPS) is 22.4.